The van der Waals surface area contributed by atoms with E-state index in [-0.39, 0.29) is 0 Å². The lowest BCUT2D eigenvalue weighted by Gasteiger charge is -2.04. The van der Waals surface area contributed by atoms with Crippen LogP contribution >= 0.6 is 11.8 Å². The van der Waals surface area contributed by atoms with E-state index in [9.17, 15) is 5.26 Å². The fourth-order valence-corrected chi connectivity index (χ4v) is 2.54. The number of benzene rings is 1. The van der Waals surface area contributed by atoms with Crippen LogP contribution in [0.2, 0.25) is 0 Å². The molecule has 0 aliphatic heterocycles. The summed E-state index contributed by atoms with van der Waals surface area (Å²) < 4.78 is 0. The van der Waals surface area contributed by atoms with Gasteiger partial charge in [-0.05, 0) is 36.4 Å². The molecule has 0 amide bonds. The van der Waals surface area contributed by atoms with E-state index in [0.29, 0.717) is 10.7 Å². The predicted molar refractivity (Wildman–Crippen MR) is 77.4 cm³/mol. The molecule has 0 saturated carbocycles. The fourth-order valence-electron chi connectivity index (χ4n) is 1.82. The third-order valence-electron chi connectivity index (χ3n) is 2.77. The van der Waals surface area contributed by atoms with E-state index in [2.05, 4.69) is 21.0 Å². The number of nitrogens with zero attached hydrogens (tertiary/aromatic N) is 4. The average Bonchev–Trinajstić information content (AvgIpc) is 2.49. The third-order valence-corrected chi connectivity index (χ3v) is 3.58. The summed E-state index contributed by atoms with van der Waals surface area (Å²) in [6.07, 6.45) is 3.53. The number of pyridine rings is 1. The van der Waals surface area contributed by atoms with Crippen molar-refractivity contribution in [2.75, 3.05) is 0 Å². The minimum absolute atomic E-state index is 0.616. The number of nitriles is 1. The Kier molecular flexibility index (Phi) is 3.32. The first kappa shape index (κ1) is 12.6. The SMILES string of the molecule is Cc1cnc(Sc2cc(C#N)c3ccccc3n2)nc1. The summed E-state index contributed by atoms with van der Waals surface area (Å²) in [6, 6.07) is 11.6. The molecular formula is C15H10N4S. The van der Waals surface area contributed by atoms with E-state index in [1.807, 2.05) is 31.2 Å². The van der Waals surface area contributed by atoms with Crippen LogP contribution in [0.15, 0.2) is 52.9 Å². The van der Waals surface area contributed by atoms with E-state index in [0.717, 1.165) is 21.5 Å². The summed E-state index contributed by atoms with van der Waals surface area (Å²) in [5, 5.41) is 11.5. The molecule has 4 nitrogen and oxygen atoms in total. The zero-order valence-electron chi connectivity index (χ0n) is 10.7. The van der Waals surface area contributed by atoms with Crippen LogP contribution in [0, 0.1) is 18.3 Å². The highest BCUT2D eigenvalue weighted by molar-refractivity contribution is 7.99. The van der Waals surface area contributed by atoms with Crippen molar-refractivity contribution < 1.29 is 0 Å². The third kappa shape index (κ3) is 2.46. The zero-order valence-corrected chi connectivity index (χ0v) is 11.6. The number of aryl methyl sites for hydroxylation is 1. The summed E-state index contributed by atoms with van der Waals surface area (Å²) in [4.78, 5) is 13.0. The number of hydrogen-bond donors (Lipinski definition) is 0. The van der Waals surface area contributed by atoms with Crippen LogP contribution in [0.4, 0.5) is 0 Å². The first-order chi connectivity index (χ1) is 9.76. The molecule has 1 aromatic carbocycles. The number of rotatable bonds is 2. The standard InChI is InChI=1S/C15H10N4S/c1-10-8-17-15(18-9-10)20-14-6-11(7-16)12-4-2-3-5-13(12)19-14/h2-6,8-9H,1H3. The van der Waals surface area contributed by atoms with Crippen molar-refractivity contribution in [2.45, 2.75) is 17.1 Å². The highest BCUT2D eigenvalue weighted by Gasteiger charge is 2.07. The fraction of sp³-hybridized carbons (Fsp3) is 0.0667. The number of aromatic nitrogens is 3. The molecule has 5 heteroatoms. The van der Waals surface area contributed by atoms with Crippen LogP contribution < -0.4 is 0 Å². The molecule has 0 radical (unpaired) electrons. The van der Waals surface area contributed by atoms with Crippen LogP contribution in [0.1, 0.15) is 11.1 Å². The Balaban J connectivity index is 2.04. The molecule has 2 aromatic heterocycles. The van der Waals surface area contributed by atoms with E-state index in [1.54, 1.807) is 18.5 Å². The molecule has 3 aromatic rings. The maximum absolute atomic E-state index is 9.24. The van der Waals surface area contributed by atoms with Gasteiger partial charge in [-0.15, -0.1) is 0 Å². The van der Waals surface area contributed by atoms with E-state index < -0.39 is 0 Å². The van der Waals surface area contributed by atoms with Crippen molar-refractivity contribution in [1.82, 2.24) is 15.0 Å². The average molecular weight is 278 g/mol. The second kappa shape index (κ2) is 5.27. The van der Waals surface area contributed by atoms with Gasteiger partial charge in [0.25, 0.3) is 0 Å². The van der Waals surface area contributed by atoms with Gasteiger partial charge in [0, 0.05) is 17.8 Å². The first-order valence-corrected chi connectivity index (χ1v) is 6.84. The van der Waals surface area contributed by atoms with E-state index >= 15 is 0 Å². The van der Waals surface area contributed by atoms with Gasteiger partial charge in [-0.2, -0.15) is 5.26 Å². The van der Waals surface area contributed by atoms with Crippen molar-refractivity contribution in [2.24, 2.45) is 0 Å². The van der Waals surface area contributed by atoms with E-state index in [1.165, 1.54) is 11.8 Å². The van der Waals surface area contributed by atoms with Gasteiger partial charge in [0.1, 0.15) is 5.03 Å². The predicted octanol–water partition coefficient (Wildman–Crippen LogP) is 3.36. The van der Waals surface area contributed by atoms with Gasteiger partial charge in [-0.3, -0.25) is 0 Å². The topological polar surface area (TPSA) is 62.5 Å². The summed E-state index contributed by atoms with van der Waals surface area (Å²) in [6.45, 7) is 1.94. The Morgan fingerprint density at radius 3 is 2.65 bits per heavy atom. The van der Waals surface area contributed by atoms with Crippen LogP contribution in [0.3, 0.4) is 0 Å². The summed E-state index contributed by atoms with van der Waals surface area (Å²) in [5.74, 6) is 0. The molecule has 0 N–H and O–H groups in total. The molecule has 0 bridgehead atoms. The van der Waals surface area contributed by atoms with Gasteiger partial charge in [0.05, 0.1) is 17.1 Å². The van der Waals surface area contributed by atoms with Crippen molar-refractivity contribution in [3.05, 3.63) is 53.9 Å². The van der Waals surface area contributed by atoms with Crippen molar-refractivity contribution >= 4 is 22.7 Å². The summed E-state index contributed by atoms with van der Waals surface area (Å²) in [7, 11) is 0. The van der Waals surface area contributed by atoms with Crippen molar-refractivity contribution in [3.63, 3.8) is 0 Å². The zero-order chi connectivity index (χ0) is 13.9. The summed E-state index contributed by atoms with van der Waals surface area (Å²) >= 11 is 1.36. The quantitative estimate of drug-likeness (QED) is 0.673. The van der Waals surface area contributed by atoms with Gasteiger partial charge >= 0.3 is 0 Å². The summed E-state index contributed by atoms with van der Waals surface area (Å²) in [5.41, 5.74) is 2.44. The van der Waals surface area contributed by atoms with Gasteiger partial charge in [0.2, 0.25) is 0 Å². The molecule has 3 rings (SSSR count). The molecule has 0 aliphatic rings. The number of hydrogen-bond acceptors (Lipinski definition) is 5. The van der Waals surface area contributed by atoms with Gasteiger partial charge < -0.3 is 0 Å². The molecule has 0 fully saturated rings. The highest BCUT2D eigenvalue weighted by atomic mass is 32.2. The van der Waals surface area contributed by atoms with Gasteiger partial charge in [-0.1, -0.05) is 18.2 Å². The highest BCUT2D eigenvalue weighted by Crippen LogP contribution is 2.27. The monoisotopic (exact) mass is 278 g/mol. The molecule has 0 saturated heterocycles. The molecule has 0 unspecified atom stereocenters. The van der Waals surface area contributed by atoms with Crippen LogP contribution in [0.5, 0.6) is 0 Å². The van der Waals surface area contributed by atoms with Gasteiger partial charge in [0.15, 0.2) is 5.16 Å². The minimum atomic E-state index is 0.616. The molecule has 0 atom stereocenters. The number of para-hydroxylation sites is 1. The lowest BCUT2D eigenvalue weighted by molar-refractivity contribution is 0.946. The molecule has 20 heavy (non-hydrogen) atoms. The molecule has 0 spiro atoms. The van der Waals surface area contributed by atoms with Crippen molar-refractivity contribution in [3.8, 4) is 6.07 Å². The van der Waals surface area contributed by atoms with Crippen LogP contribution in [0.25, 0.3) is 10.9 Å². The van der Waals surface area contributed by atoms with E-state index in [4.69, 9.17) is 0 Å². The maximum atomic E-state index is 9.24. The lowest BCUT2D eigenvalue weighted by Crippen LogP contribution is -1.90. The van der Waals surface area contributed by atoms with Crippen LogP contribution in [-0.2, 0) is 0 Å². The molecule has 2 heterocycles. The lowest BCUT2D eigenvalue weighted by atomic mass is 10.1. The minimum Gasteiger partial charge on any atom is -0.241 e. The molecule has 0 aliphatic carbocycles. The Morgan fingerprint density at radius 1 is 1.15 bits per heavy atom. The maximum Gasteiger partial charge on any atom is 0.193 e. The normalized spacial score (nSPS) is 10.4. The van der Waals surface area contributed by atoms with Gasteiger partial charge in [-0.25, -0.2) is 15.0 Å². The number of fused-ring (bicyclic) bond motifs is 1. The second-order valence-corrected chi connectivity index (χ2v) is 5.27. The largest absolute Gasteiger partial charge is 0.241 e. The Hall–Kier alpha value is -2.45. The molecular weight excluding hydrogens is 268 g/mol. The smallest absolute Gasteiger partial charge is 0.193 e. The Bertz CT molecular complexity index is 806. The van der Waals surface area contributed by atoms with Crippen molar-refractivity contribution in [1.29, 1.82) is 5.26 Å². The second-order valence-electron chi connectivity index (χ2n) is 4.28. The molecule has 96 valence electrons. The first-order valence-electron chi connectivity index (χ1n) is 6.02. The van der Waals surface area contributed by atoms with Crippen LogP contribution in [-0.4, -0.2) is 15.0 Å². The Morgan fingerprint density at radius 2 is 1.90 bits per heavy atom. The Labute approximate surface area is 120 Å².